The van der Waals surface area contributed by atoms with Crippen LogP contribution in [-0.2, 0) is 15.8 Å². The van der Waals surface area contributed by atoms with E-state index >= 15 is 0 Å². The van der Waals surface area contributed by atoms with Crippen molar-refractivity contribution < 1.29 is 13.2 Å². The third kappa shape index (κ3) is 4.12. The van der Waals surface area contributed by atoms with E-state index in [-0.39, 0.29) is 5.75 Å². The van der Waals surface area contributed by atoms with Crippen molar-refractivity contribution in [2.75, 3.05) is 11.8 Å². The monoisotopic (exact) mass is 325 g/mol. The minimum absolute atomic E-state index is 0.191. The van der Waals surface area contributed by atoms with Gasteiger partial charge in [-0.25, -0.2) is 8.42 Å². The quantitative estimate of drug-likeness (QED) is 0.913. The van der Waals surface area contributed by atoms with Crippen LogP contribution in [0, 0.1) is 6.92 Å². The Hall–Kier alpha value is -1.72. The predicted octanol–water partition coefficient (Wildman–Crippen LogP) is 3.60. The molecule has 0 saturated heterocycles. The average molecular weight is 326 g/mol. The number of hydrogen-bond acceptors (Lipinski definition) is 3. The summed E-state index contributed by atoms with van der Waals surface area (Å²) in [6, 6.07) is 12.2. The second-order valence-corrected chi connectivity index (χ2v) is 6.79. The van der Waals surface area contributed by atoms with E-state index in [1.54, 1.807) is 36.4 Å². The number of aryl methyl sites for hydroxylation is 1. The first kappa shape index (κ1) is 15.7. The summed E-state index contributed by atoms with van der Waals surface area (Å²) in [4.78, 5) is 0. The molecule has 2 rings (SSSR count). The van der Waals surface area contributed by atoms with Crippen LogP contribution in [0.3, 0.4) is 0 Å². The first-order valence-electron chi connectivity index (χ1n) is 6.30. The highest BCUT2D eigenvalue weighted by atomic mass is 35.5. The fourth-order valence-corrected chi connectivity index (χ4v) is 3.44. The summed E-state index contributed by atoms with van der Waals surface area (Å²) in [6.45, 7) is 1.88. The number of sulfonamides is 1. The summed E-state index contributed by atoms with van der Waals surface area (Å²) in [5, 5.41) is 0.430. The molecular weight excluding hydrogens is 310 g/mol. The van der Waals surface area contributed by atoms with Crippen LogP contribution in [0.2, 0.25) is 5.02 Å². The molecule has 112 valence electrons. The lowest BCUT2D eigenvalue weighted by Crippen LogP contribution is -2.16. The summed E-state index contributed by atoms with van der Waals surface area (Å²) in [6.07, 6.45) is 0. The zero-order valence-electron chi connectivity index (χ0n) is 11.8. The molecule has 0 aromatic heterocycles. The lowest BCUT2D eigenvalue weighted by molar-refractivity contribution is 0.417. The number of ether oxygens (including phenoxy) is 1. The second-order valence-electron chi connectivity index (χ2n) is 4.66. The average Bonchev–Trinajstić information content (AvgIpc) is 2.41. The molecule has 0 heterocycles. The lowest BCUT2D eigenvalue weighted by Gasteiger charge is -2.13. The maximum atomic E-state index is 12.3. The molecule has 0 saturated carbocycles. The molecule has 0 amide bonds. The van der Waals surface area contributed by atoms with Gasteiger partial charge in [0.1, 0.15) is 5.75 Å². The Balaban J connectivity index is 2.26. The number of anilines is 1. The largest absolute Gasteiger partial charge is 0.495 e. The van der Waals surface area contributed by atoms with E-state index < -0.39 is 10.0 Å². The lowest BCUT2D eigenvalue weighted by atomic mass is 10.2. The molecule has 4 nitrogen and oxygen atoms in total. The van der Waals surface area contributed by atoms with Gasteiger partial charge < -0.3 is 4.74 Å². The normalized spacial score (nSPS) is 11.2. The van der Waals surface area contributed by atoms with Gasteiger partial charge in [0.05, 0.1) is 18.6 Å². The fourth-order valence-electron chi connectivity index (χ4n) is 1.93. The smallest absolute Gasteiger partial charge is 0.237 e. The Morgan fingerprint density at radius 2 is 1.90 bits per heavy atom. The van der Waals surface area contributed by atoms with Gasteiger partial charge in [-0.2, -0.15) is 0 Å². The first-order chi connectivity index (χ1) is 9.91. The third-order valence-electron chi connectivity index (χ3n) is 2.92. The van der Waals surface area contributed by atoms with Crippen LogP contribution >= 0.6 is 11.6 Å². The summed E-state index contributed by atoms with van der Waals surface area (Å²) in [7, 11) is -2.08. The number of rotatable bonds is 5. The molecule has 0 atom stereocenters. The summed E-state index contributed by atoms with van der Waals surface area (Å²) >= 11 is 6.00. The highest BCUT2D eigenvalue weighted by molar-refractivity contribution is 7.91. The van der Waals surface area contributed by atoms with E-state index in [2.05, 4.69) is 4.72 Å². The van der Waals surface area contributed by atoms with Crippen LogP contribution in [0.25, 0.3) is 0 Å². The van der Waals surface area contributed by atoms with Crippen molar-refractivity contribution in [3.05, 3.63) is 58.6 Å². The van der Waals surface area contributed by atoms with Crippen molar-refractivity contribution in [1.29, 1.82) is 0 Å². The standard InChI is InChI=1S/C15H16ClNO3S/c1-11-7-8-15(20-2)14(9-11)17-21(18,19)10-12-5-3-4-6-13(12)16/h3-9,17H,10H2,1-2H3. The minimum atomic E-state index is -3.57. The van der Waals surface area contributed by atoms with Gasteiger partial charge in [-0.05, 0) is 36.2 Å². The Morgan fingerprint density at radius 3 is 2.57 bits per heavy atom. The Labute approximate surface area is 129 Å². The molecule has 2 aromatic rings. The van der Waals surface area contributed by atoms with Crippen LogP contribution in [0.5, 0.6) is 5.75 Å². The molecule has 0 spiro atoms. The van der Waals surface area contributed by atoms with Gasteiger partial charge in [0.2, 0.25) is 10.0 Å². The molecule has 0 bridgehead atoms. The highest BCUT2D eigenvalue weighted by Crippen LogP contribution is 2.27. The van der Waals surface area contributed by atoms with E-state index in [4.69, 9.17) is 16.3 Å². The molecule has 0 aliphatic heterocycles. The van der Waals surface area contributed by atoms with Crippen molar-refractivity contribution in [2.24, 2.45) is 0 Å². The van der Waals surface area contributed by atoms with E-state index in [0.717, 1.165) is 5.56 Å². The van der Waals surface area contributed by atoms with Gasteiger partial charge in [-0.3, -0.25) is 4.72 Å². The van der Waals surface area contributed by atoms with Crippen molar-refractivity contribution >= 4 is 27.3 Å². The molecular formula is C15H16ClNO3S. The first-order valence-corrected chi connectivity index (χ1v) is 8.33. The minimum Gasteiger partial charge on any atom is -0.495 e. The van der Waals surface area contributed by atoms with E-state index in [9.17, 15) is 8.42 Å². The van der Waals surface area contributed by atoms with Crippen LogP contribution in [0.4, 0.5) is 5.69 Å². The van der Waals surface area contributed by atoms with Crippen LogP contribution in [0.15, 0.2) is 42.5 Å². The van der Waals surface area contributed by atoms with Crippen molar-refractivity contribution in [1.82, 2.24) is 0 Å². The maximum absolute atomic E-state index is 12.3. The SMILES string of the molecule is COc1ccc(C)cc1NS(=O)(=O)Cc1ccccc1Cl. The van der Waals surface area contributed by atoms with Crippen molar-refractivity contribution in [3.8, 4) is 5.75 Å². The van der Waals surface area contributed by atoms with Crippen LogP contribution < -0.4 is 9.46 Å². The molecule has 1 N–H and O–H groups in total. The Morgan fingerprint density at radius 1 is 1.19 bits per heavy atom. The van der Waals surface area contributed by atoms with Gasteiger partial charge in [0.25, 0.3) is 0 Å². The molecule has 0 aliphatic rings. The number of halogens is 1. The number of nitrogens with one attached hydrogen (secondary N) is 1. The molecule has 0 aliphatic carbocycles. The molecule has 2 aromatic carbocycles. The predicted molar refractivity (Wildman–Crippen MR) is 85.4 cm³/mol. The fraction of sp³-hybridized carbons (Fsp3) is 0.200. The third-order valence-corrected chi connectivity index (χ3v) is 4.51. The summed E-state index contributed by atoms with van der Waals surface area (Å²) in [5.41, 5.74) is 1.91. The second kappa shape index (κ2) is 6.37. The Kier molecular flexibility index (Phi) is 4.75. The zero-order chi connectivity index (χ0) is 15.5. The topological polar surface area (TPSA) is 55.4 Å². The van der Waals surface area contributed by atoms with E-state index in [1.807, 2.05) is 13.0 Å². The summed E-state index contributed by atoms with van der Waals surface area (Å²) in [5.74, 6) is 0.285. The molecule has 0 fully saturated rings. The van der Waals surface area contributed by atoms with Gasteiger partial charge in [0.15, 0.2) is 0 Å². The van der Waals surface area contributed by atoms with E-state index in [1.165, 1.54) is 7.11 Å². The Bertz CT molecular complexity index is 744. The molecule has 21 heavy (non-hydrogen) atoms. The molecule has 0 radical (unpaired) electrons. The zero-order valence-corrected chi connectivity index (χ0v) is 13.3. The molecule has 0 unspecified atom stereocenters. The van der Waals surface area contributed by atoms with E-state index in [0.29, 0.717) is 22.0 Å². The van der Waals surface area contributed by atoms with Gasteiger partial charge in [-0.1, -0.05) is 35.9 Å². The van der Waals surface area contributed by atoms with Crippen molar-refractivity contribution in [3.63, 3.8) is 0 Å². The molecule has 6 heteroatoms. The van der Waals surface area contributed by atoms with Crippen molar-refractivity contribution in [2.45, 2.75) is 12.7 Å². The van der Waals surface area contributed by atoms with Gasteiger partial charge in [-0.15, -0.1) is 0 Å². The van der Waals surface area contributed by atoms with Crippen LogP contribution in [0.1, 0.15) is 11.1 Å². The number of methoxy groups -OCH3 is 1. The van der Waals surface area contributed by atoms with Gasteiger partial charge in [0, 0.05) is 5.02 Å². The summed E-state index contributed by atoms with van der Waals surface area (Å²) < 4.78 is 32.3. The highest BCUT2D eigenvalue weighted by Gasteiger charge is 2.16. The maximum Gasteiger partial charge on any atom is 0.237 e. The van der Waals surface area contributed by atoms with Crippen LogP contribution in [-0.4, -0.2) is 15.5 Å². The number of hydrogen-bond donors (Lipinski definition) is 1. The van der Waals surface area contributed by atoms with Gasteiger partial charge >= 0.3 is 0 Å². The number of benzene rings is 2.